The molecule has 1 aliphatic rings. The molecule has 144 valence electrons. The number of thioether (sulfide) groups is 1. The molecule has 2 aromatic carbocycles. The predicted molar refractivity (Wildman–Crippen MR) is 113 cm³/mol. The minimum absolute atomic E-state index is 0.109. The largest absolute Gasteiger partial charge is 0.411 e. The van der Waals surface area contributed by atoms with E-state index < -0.39 is 5.25 Å². The van der Waals surface area contributed by atoms with Crippen molar-refractivity contribution in [1.29, 1.82) is 0 Å². The van der Waals surface area contributed by atoms with Crippen LogP contribution in [0.1, 0.15) is 30.1 Å². The van der Waals surface area contributed by atoms with Gasteiger partial charge in [0.25, 0.3) is 5.22 Å². The van der Waals surface area contributed by atoms with Gasteiger partial charge >= 0.3 is 0 Å². The van der Waals surface area contributed by atoms with Gasteiger partial charge in [-0.2, -0.15) is 0 Å². The molecule has 1 atom stereocenters. The zero-order valence-electron chi connectivity index (χ0n) is 15.3. The van der Waals surface area contributed by atoms with Gasteiger partial charge in [0.15, 0.2) is 0 Å². The quantitative estimate of drug-likeness (QED) is 0.483. The van der Waals surface area contributed by atoms with Gasteiger partial charge in [-0.3, -0.25) is 4.79 Å². The molecule has 5 nitrogen and oxygen atoms in total. The number of carbonyl (C=O) groups excluding carboxylic acids is 1. The Morgan fingerprint density at radius 3 is 2.57 bits per heavy atom. The third-order valence-electron chi connectivity index (χ3n) is 4.69. The zero-order valence-corrected chi connectivity index (χ0v) is 17.7. The lowest BCUT2D eigenvalue weighted by Crippen LogP contribution is -2.38. The molecule has 1 aliphatic heterocycles. The molecule has 1 aromatic heterocycles. The van der Waals surface area contributed by atoms with Crippen LogP contribution in [0.2, 0.25) is 0 Å². The highest BCUT2D eigenvalue weighted by Gasteiger charge is 2.29. The normalized spacial score (nSPS) is 15.4. The van der Waals surface area contributed by atoms with E-state index in [9.17, 15) is 4.79 Å². The maximum absolute atomic E-state index is 13.2. The fraction of sp³-hybridized carbons (Fsp3) is 0.286. The summed E-state index contributed by atoms with van der Waals surface area (Å²) in [6, 6.07) is 17.5. The lowest BCUT2D eigenvalue weighted by molar-refractivity contribution is -0.131. The van der Waals surface area contributed by atoms with E-state index in [0.29, 0.717) is 11.1 Å². The Labute approximate surface area is 176 Å². The molecule has 0 radical (unpaired) electrons. The Morgan fingerprint density at radius 1 is 1.04 bits per heavy atom. The number of likely N-dealkylation sites (tertiary alicyclic amines) is 1. The molecule has 28 heavy (non-hydrogen) atoms. The standard InChI is InChI=1S/C21H20BrN3O2S/c22-17-11-7-10-16(14-17)19-23-24-21(27-19)28-18(15-8-3-1-4-9-15)20(26)25-12-5-2-6-13-25/h1,3-4,7-11,14,18H,2,5-6,12-13H2. The summed E-state index contributed by atoms with van der Waals surface area (Å²) >= 11 is 4.78. The zero-order chi connectivity index (χ0) is 19.3. The van der Waals surface area contributed by atoms with Gasteiger partial charge in [0.05, 0.1) is 0 Å². The van der Waals surface area contributed by atoms with E-state index in [1.54, 1.807) is 0 Å². The molecule has 0 saturated carbocycles. The molecular weight excluding hydrogens is 438 g/mol. The lowest BCUT2D eigenvalue weighted by Gasteiger charge is -2.29. The van der Waals surface area contributed by atoms with Gasteiger partial charge in [-0.15, -0.1) is 10.2 Å². The molecule has 1 amide bonds. The summed E-state index contributed by atoms with van der Waals surface area (Å²) in [6.45, 7) is 1.63. The third-order valence-corrected chi connectivity index (χ3v) is 6.26. The van der Waals surface area contributed by atoms with Crippen molar-refractivity contribution in [3.63, 3.8) is 0 Å². The number of carbonyl (C=O) groups is 1. The van der Waals surface area contributed by atoms with E-state index in [4.69, 9.17) is 4.42 Å². The minimum Gasteiger partial charge on any atom is -0.411 e. The second-order valence-corrected chi connectivity index (χ2v) is 8.65. The van der Waals surface area contributed by atoms with Gasteiger partial charge in [0.1, 0.15) is 5.25 Å². The SMILES string of the molecule is O=C(C(Sc1nnc(-c2cccc(Br)c2)o1)c1ccccc1)N1CCCCC1. The van der Waals surface area contributed by atoms with Crippen molar-refractivity contribution in [2.45, 2.75) is 29.7 Å². The molecule has 0 aliphatic carbocycles. The summed E-state index contributed by atoms with van der Waals surface area (Å²) in [4.78, 5) is 15.2. The number of benzene rings is 2. The molecule has 0 spiro atoms. The highest BCUT2D eigenvalue weighted by atomic mass is 79.9. The first-order valence-electron chi connectivity index (χ1n) is 9.30. The van der Waals surface area contributed by atoms with Crippen LogP contribution in [0, 0.1) is 0 Å². The highest BCUT2D eigenvalue weighted by molar-refractivity contribution is 9.10. The van der Waals surface area contributed by atoms with Crippen molar-refractivity contribution in [1.82, 2.24) is 15.1 Å². The molecule has 2 heterocycles. The summed E-state index contributed by atoms with van der Waals surface area (Å²) in [5.41, 5.74) is 1.79. The van der Waals surface area contributed by atoms with Crippen molar-refractivity contribution < 1.29 is 9.21 Å². The Kier molecular flexibility index (Phi) is 6.12. The fourth-order valence-corrected chi connectivity index (χ4v) is 4.62. The molecule has 7 heteroatoms. The van der Waals surface area contributed by atoms with E-state index in [1.165, 1.54) is 18.2 Å². The number of piperidine rings is 1. The van der Waals surface area contributed by atoms with Crippen LogP contribution in [0.5, 0.6) is 0 Å². The van der Waals surface area contributed by atoms with Crippen LogP contribution >= 0.6 is 27.7 Å². The van der Waals surface area contributed by atoms with E-state index in [2.05, 4.69) is 26.1 Å². The molecule has 1 saturated heterocycles. The van der Waals surface area contributed by atoms with Crippen LogP contribution in [0.15, 0.2) is 68.7 Å². The summed E-state index contributed by atoms with van der Waals surface area (Å²) in [5.74, 6) is 0.555. The fourth-order valence-electron chi connectivity index (χ4n) is 3.27. The van der Waals surface area contributed by atoms with Crippen molar-refractivity contribution in [3.8, 4) is 11.5 Å². The van der Waals surface area contributed by atoms with E-state index in [-0.39, 0.29) is 5.91 Å². The molecule has 0 bridgehead atoms. The van der Waals surface area contributed by atoms with Crippen LogP contribution in [-0.2, 0) is 4.79 Å². The van der Waals surface area contributed by atoms with Crippen molar-refractivity contribution in [2.75, 3.05) is 13.1 Å². The monoisotopic (exact) mass is 457 g/mol. The Balaban J connectivity index is 1.58. The van der Waals surface area contributed by atoms with Crippen LogP contribution in [0.4, 0.5) is 0 Å². The lowest BCUT2D eigenvalue weighted by atomic mass is 10.1. The highest BCUT2D eigenvalue weighted by Crippen LogP contribution is 2.37. The third kappa shape index (κ3) is 4.47. The Bertz CT molecular complexity index is 942. The number of rotatable bonds is 5. The maximum atomic E-state index is 13.2. The molecule has 0 N–H and O–H groups in total. The van der Waals surface area contributed by atoms with Crippen LogP contribution in [-0.4, -0.2) is 34.1 Å². The minimum atomic E-state index is -0.393. The van der Waals surface area contributed by atoms with Gasteiger partial charge in [0.2, 0.25) is 11.8 Å². The molecule has 4 rings (SSSR count). The smallest absolute Gasteiger partial charge is 0.277 e. The summed E-state index contributed by atoms with van der Waals surface area (Å²) in [5, 5.41) is 8.34. The average Bonchev–Trinajstić information content (AvgIpc) is 3.22. The van der Waals surface area contributed by atoms with E-state index in [0.717, 1.165) is 41.5 Å². The van der Waals surface area contributed by atoms with Crippen molar-refractivity contribution in [3.05, 3.63) is 64.6 Å². The van der Waals surface area contributed by atoms with Crippen LogP contribution in [0.25, 0.3) is 11.5 Å². The summed E-state index contributed by atoms with van der Waals surface area (Å²) in [7, 11) is 0. The van der Waals surface area contributed by atoms with Gasteiger partial charge < -0.3 is 9.32 Å². The van der Waals surface area contributed by atoms with E-state index in [1.807, 2.05) is 59.5 Å². The second-order valence-electron chi connectivity index (χ2n) is 6.68. The Morgan fingerprint density at radius 2 is 1.82 bits per heavy atom. The number of hydrogen-bond acceptors (Lipinski definition) is 5. The van der Waals surface area contributed by atoms with Crippen molar-refractivity contribution >= 4 is 33.6 Å². The first-order chi connectivity index (χ1) is 13.7. The molecule has 1 fully saturated rings. The van der Waals surface area contributed by atoms with Gasteiger partial charge in [-0.25, -0.2) is 0 Å². The number of aromatic nitrogens is 2. The number of nitrogens with zero attached hydrogens (tertiary/aromatic N) is 3. The average molecular weight is 458 g/mol. The van der Waals surface area contributed by atoms with Gasteiger partial charge in [0, 0.05) is 23.1 Å². The van der Waals surface area contributed by atoms with Gasteiger partial charge in [-0.1, -0.05) is 52.3 Å². The first-order valence-corrected chi connectivity index (χ1v) is 11.0. The number of halogens is 1. The first kappa shape index (κ1) is 19.2. The van der Waals surface area contributed by atoms with Crippen molar-refractivity contribution in [2.24, 2.45) is 0 Å². The predicted octanol–water partition coefficient (Wildman–Crippen LogP) is 5.35. The molecular formula is C21H20BrN3O2S. The number of hydrogen-bond donors (Lipinski definition) is 0. The van der Waals surface area contributed by atoms with Crippen LogP contribution < -0.4 is 0 Å². The topological polar surface area (TPSA) is 59.2 Å². The summed E-state index contributed by atoms with van der Waals surface area (Å²) < 4.78 is 6.81. The summed E-state index contributed by atoms with van der Waals surface area (Å²) in [6.07, 6.45) is 3.31. The van der Waals surface area contributed by atoms with Crippen LogP contribution in [0.3, 0.4) is 0 Å². The Hall–Kier alpha value is -2.12. The van der Waals surface area contributed by atoms with E-state index >= 15 is 0 Å². The van der Waals surface area contributed by atoms with Gasteiger partial charge in [-0.05, 0) is 54.8 Å². The molecule has 1 unspecified atom stereocenters. The maximum Gasteiger partial charge on any atom is 0.277 e. The molecule has 3 aromatic rings. The number of amides is 1. The second kappa shape index (κ2) is 8.92.